The summed E-state index contributed by atoms with van der Waals surface area (Å²) in [5.41, 5.74) is 1.92. The second-order valence-corrected chi connectivity index (χ2v) is 8.97. The zero-order chi connectivity index (χ0) is 23.8. The molecule has 1 atom stereocenters. The Morgan fingerprint density at radius 1 is 1.03 bits per heavy atom. The number of halogens is 1. The number of hydrogen-bond donors (Lipinski definition) is 0. The Balaban J connectivity index is 1.59. The van der Waals surface area contributed by atoms with Gasteiger partial charge in [-0.2, -0.15) is 0 Å². The third-order valence-electron chi connectivity index (χ3n) is 6.16. The van der Waals surface area contributed by atoms with Crippen molar-refractivity contribution in [3.8, 4) is 5.75 Å². The van der Waals surface area contributed by atoms with Gasteiger partial charge in [-0.25, -0.2) is 4.39 Å². The van der Waals surface area contributed by atoms with Crippen molar-refractivity contribution >= 4 is 28.6 Å². The fourth-order valence-electron chi connectivity index (χ4n) is 4.40. The van der Waals surface area contributed by atoms with Gasteiger partial charge >= 0.3 is 0 Å². The largest absolute Gasteiger partial charge is 0.497 e. The molecule has 4 aromatic rings. The minimum atomic E-state index is -0.611. The third-order valence-corrected chi connectivity index (χ3v) is 6.90. The van der Waals surface area contributed by atoms with Crippen LogP contribution in [0.3, 0.4) is 0 Å². The maximum absolute atomic E-state index is 13.9. The molecule has 1 aliphatic heterocycles. The second-order valence-electron chi connectivity index (χ2n) is 8.09. The summed E-state index contributed by atoms with van der Waals surface area (Å²) in [6.45, 7) is 0.383. The smallest absolute Gasteiger partial charge is 0.290 e. The van der Waals surface area contributed by atoms with E-state index in [2.05, 4.69) is 0 Å². The van der Waals surface area contributed by atoms with Crippen LogP contribution < -0.4 is 10.2 Å². The van der Waals surface area contributed by atoms with Crippen molar-refractivity contribution in [1.82, 2.24) is 4.90 Å². The van der Waals surface area contributed by atoms with Crippen LogP contribution in [0, 0.1) is 5.82 Å². The maximum Gasteiger partial charge on any atom is 0.290 e. The standard InChI is InChI=1S/C27H22FNO4S/c1-32-19-8-3-16(4-9-19)13-14-29-24(17-5-10-20(34-2)11-6-17)23-25(30)21-15-18(28)7-12-22(21)33-26(23)27(29)31/h3-12,15,24H,13-14H2,1-2H3/t24-/m0/s1. The lowest BCUT2D eigenvalue weighted by atomic mass is 9.98. The predicted octanol–water partition coefficient (Wildman–Crippen LogP) is 5.45. The molecule has 0 bridgehead atoms. The molecule has 172 valence electrons. The van der Waals surface area contributed by atoms with E-state index in [0.717, 1.165) is 21.8 Å². The number of carbonyl (C=O) groups excluding carboxylic acids is 1. The van der Waals surface area contributed by atoms with E-state index < -0.39 is 11.9 Å². The van der Waals surface area contributed by atoms with E-state index >= 15 is 0 Å². The van der Waals surface area contributed by atoms with Gasteiger partial charge in [0, 0.05) is 11.4 Å². The number of carbonyl (C=O) groups is 1. The Labute approximate surface area is 200 Å². The van der Waals surface area contributed by atoms with Gasteiger partial charge in [0.05, 0.1) is 24.1 Å². The van der Waals surface area contributed by atoms with Gasteiger partial charge in [0.25, 0.3) is 5.91 Å². The van der Waals surface area contributed by atoms with Crippen molar-refractivity contribution in [3.05, 3.63) is 105 Å². The number of nitrogens with zero attached hydrogens (tertiary/aromatic N) is 1. The van der Waals surface area contributed by atoms with Crippen LogP contribution in [-0.4, -0.2) is 30.7 Å². The van der Waals surface area contributed by atoms with Gasteiger partial charge in [0.2, 0.25) is 5.76 Å². The molecule has 34 heavy (non-hydrogen) atoms. The van der Waals surface area contributed by atoms with Crippen molar-refractivity contribution in [2.45, 2.75) is 17.4 Å². The molecule has 1 amide bonds. The minimum absolute atomic E-state index is 0.0257. The summed E-state index contributed by atoms with van der Waals surface area (Å²) in [6.07, 6.45) is 2.57. The number of fused-ring (bicyclic) bond motifs is 2. The number of hydrogen-bond acceptors (Lipinski definition) is 5. The maximum atomic E-state index is 13.9. The summed E-state index contributed by atoms with van der Waals surface area (Å²) in [6, 6.07) is 18.6. The highest BCUT2D eigenvalue weighted by atomic mass is 32.2. The number of benzene rings is 3. The molecule has 0 saturated heterocycles. The van der Waals surface area contributed by atoms with Gasteiger partial charge in [-0.05, 0) is 66.3 Å². The Hall–Kier alpha value is -3.58. The van der Waals surface area contributed by atoms with E-state index in [0.29, 0.717) is 13.0 Å². The molecule has 0 aliphatic carbocycles. The number of methoxy groups -OCH3 is 1. The molecule has 0 radical (unpaired) electrons. The van der Waals surface area contributed by atoms with Crippen LogP contribution in [0.15, 0.2) is 80.8 Å². The zero-order valence-electron chi connectivity index (χ0n) is 18.7. The number of rotatable bonds is 6. The van der Waals surface area contributed by atoms with Crippen molar-refractivity contribution in [2.75, 3.05) is 19.9 Å². The summed E-state index contributed by atoms with van der Waals surface area (Å²) >= 11 is 1.61. The molecule has 0 N–H and O–H groups in total. The molecule has 1 aromatic heterocycles. The van der Waals surface area contributed by atoms with Crippen LogP contribution in [0.25, 0.3) is 11.0 Å². The molecular formula is C27H22FNO4S. The van der Waals surface area contributed by atoms with E-state index in [1.54, 1.807) is 23.8 Å². The second kappa shape index (κ2) is 8.99. The van der Waals surface area contributed by atoms with Crippen molar-refractivity contribution < 1.29 is 18.3 Å². The van der Waals surface area contributed by atoms with Crippen molar-refractivity contribution in [2.24, 2.45) is 0 Å². The Bertz CT molecular complexity index is 1430. The molecule has 0 fully saturated rings. The van der Waals surface area contributed by atoms with Crippen LogP contribution in [0.2, 0.25) is 0 Å². The summed E-state index contributed by atoms with van der Waals surface area (Å²) in [4.78, 5) is 29.7. The third kappa shape index (κ3) is 3.86. The average molecular weight is 476 g/mol. The Morgan fingerprint density at radius 3 is 2.44 bits per heavy atom. The average Bonchev–Trinajstić information content (AvgIpc) is 3.15. The Kier molecular flexibility index (Phi) is 5.87. The van der Waals surface area contributed by atoms with Crippen molar-refractivity contribution in [1.29, 1.82) is 0 Å². The first kappa shape index (κ1) is 22.2. The SMILES string of the molecule is COc1ccc(CCN2C(=O)c3oc4ccc(F)cc4c(=O)c3[C@@H]2c2ccc(SC)cc2)cc1. The highest BCUT2D eigenvalue weighted by Gasteiger charge is 2.42. The Morgan fingerprint density at radius 2 is 1.76 bits per heavy atom. The fraction of sp³-hybridized carbons (Fsp3) is 0.185. The zero-order valence-corrected chi connectivity index (χ0v) is 19.5. The van der Waals surface area contributed by atoms with Crippen LogP contribution in [0.1, 0.15) is 33.3 Å². The lowest BCUT2D eigenvalue weighted by Crippen LogP contribution is -2.31. The molecule has 0 saturated carbocycles. The minimum Gasteiger partial charge on any atom is -0.497 e. The number of ether oxygens (including phenoxy) is 1. The number of amides is 1. The molecule has 2 heterocycles. The van der Waals surface area contributed by atoms with E-state index in [-0.39, 0.29) is 33.6 Å². The highest BCUT2D eigenvalue weighted by Crippen LogP contribution is 2.38. The highest BCUT2D eigenvalue weighted by molar-refractivity contribution is 7.98. The predicted molar refractivity (Wildman–Crippen MR) is 130 cm³/mol. The van der Waals surface area contributed by atoms with E-state index in [9.17, 15) is 14.0 Å². The van der Waals surface area contributed by atoms with E-state index in [1.165, 1.54) is 18.2 Å². The molecule has 3 aromatic carbocycles. The first-order chi connectivity index (χ1) is 16.5. The van der Waals surface area contributed by atoms with E-state index in [4.69, 9.17) is 9.15 Å². The van der Waals surface area contributed by atoms with Gasteiger partial charge in [0.15, 0.2) is 5.43 Å². The summed E-state index contributed by atoms with van der Waals surface area (Å²) in [5.74, 6) is -0.0845. The van der Waals surface area contributed by atoms with Gasteiger partial charge < -0.3 is 14.1 Å². The molecule has 1 aliphatic rings. The summed E-state index contributed by atoms with van der Waals surface area (Å²) in [7, 11) is 1.61. The summed E-state index contributed by atoms with van der Waals surface area (Å²) < 4.78 is 25.0. The lowest BCUT2D eigenvalue weighted by Gasteiger charge is -2.25. The van der Waals surface area contributed by atoms with Crippen molar-refractivity contribution in [3.63, 3.8) is 0 Å². The first-order valence-electron chi connectivity index (χ1n) is 10.8. The van der Waals surface area contributed by atoms with Gasteiger partial charge in [-0.15, -0.1) is 11.8 Å². The summed E-state index contributed by atoms with van der Waals surface area (Å²) in [5, 5.41) is 0.134. The molecule has 0 spiro atoms. The van der Waals surface area contributed by atoms with E-state index in [1.807, 2.05) is 54.8 Å². The number of thioether (sulfide) groups is 1. The van der Waals surface area contributed by atoms with Gasteiger partial charge in [0.1, 0.15) is 17.1 Å². The normalized spacial score (nSPS) is 15.1. The first-order valence-corrected chi connectivity index (χ1v) is 12.1. The molecule has 5 nitrogen and oxygen atoms in total. The van der Waals surface area contributed by atoms with Crippen LogP contribution in [0.4, 0.5) is 4.39 Å². The monoisotopic (exact) mass is 475 g/mol. The fourth-order valence-corrected chi connectivity index (χ4v) is 4.81. The molecule has 0 unspecified atom stereocenters. The molecular weight excluding hydrogens is 453 g/mol. The van der Waals surface area contributed by atoms with Crippen LogP contribution >= 0.6 is 11.8 Å². The van der Waals surface area contributed by atoms with Crippen LogP contribution in [-0.2, 0) is 6.42 Å². The molecule has 5 rings (SSSR count). The van der Waals surface area contributed by atoms with Gasteiger partial charge in [-0.3, -0.25) is 9.59 Å². The molecule has 7 heteroatoms. The quantitative estimate of drug-likeness (QED) is 0.347. The topological polar surface area (TPSA) is 59.8 Å². The van der Waals surface area contributed by atoms with Crippen LogP contribution in [0.5, 0.6) is 5.75 Å². The van der Waals surface area contributed by atoms with Gasteiger partial charge in [-0.1, -0.05) is 24.3 Å². The lowest BCUT2D eigenvalue weighted by molar-refractivity contribution is 0.0730.